The van der Waals surface area contributed by atoms with Gasteiger partial charge < -0.3 is 20.4 Å². The molecule has 3 heterocycles. The van der Waals surface area contributed by atoms with E-state index in [1.165, 1.54) is 23.5 Å². The highest BCUT2D eigenvalue weighted by atomic mass is 16.5. The quantitative estimate of drug-likeness (QED) is 0.526. The second-order valence-electron chi connectivity index (χ2n) is 8.58. The monoisotopic (exact) mass is 448 g/mol. The number of amides is 1. The Balaban J connectivity index is 1.45. The molecular formula is C24H28N6O3. The normalized spacial score (nSPS) is 16.1. The fraction of sp³-hybridized carbons (Fsp3) is 0.417. The molecule has 9 nitrogen and oxygen atoms in total. The number of primary amides is 1. The molecule has 1 aliphatic heterocycles. The Labute approximate surface area is 191 Å². The molecule has 5 rings (SSSR count). The van der Waals surface area contributed by atoms with E-state index >= 15 is 0 Å². The van der Waals surface area contributed by atoms with Gasteiger partial charge in [-0.1, -0.05) is 6.07 Å². The molecule has 0 spiro atoms. The Bertz CT molecular complexity index is 1250. The summed E-state index contributed by atoms with van der Waals surface area (Å²) in [6, 6.07) is 6.21. The van der Waals surface area contributed by atoms with Crippen LogP contribution in [0.15, 0.2) is 35.4 Å². The summed E-state index contributed by atoms with van der Waals surface area (Å²) in [5.41, 5.74) is 8.91. The molecule has 1 aliphatic carbocycles. The van der Waals surface area contributed by atoms with Crippen LogP contribution in [0.1, 0.15) is 34.3 Å². The third kappa shape index (κ3) is 4.46. The van der Waals surface area contributed by atoms with E-state index in [0.717, 1.165) is 64.2 Å². The van der Waals surface area contributed by atoms with Gasteiger partial charge in [-0.15, -0.1) is 0 Å². The van der Waals surface area contributed by atoms with Gasteiger partial charge in [0.1, 0.15) is 5.56 Å². The number of nitrogens with zero attached hydrogens (tertiary/aromatic N) is 4. The number of aromatic nitrogens is 3. The molecule has 2 aliphatic rings. The lowest BCUT2D eigenvalue weighted by Gasteiger charge is -2.26. The van der Waals surface area contributed by atoms with Gasteiger partial charge in [0.25, 0.3) is 5.91 Å². The van der Waals surface area contributed by atoms with Crippen LogP contribution in [0.4, 0.5) is 5.95 Å². The van der Waals surface area contributed by atoms with E-state index in [4.69, 9.17) is 10.5 Å². The third-order valence-electron chi connectivity index (χ3n) is 6.41. The first-order valence-corrected chi connectivity index (χ1v) is 11.5. The van der Waals surface area contributed by atoms with Gasteiger partial charge in [0, 0.05) is 37.7 Å². The van der Waals surface area contributed by atoms with Crippen molar-refractivity contribution in [3.63, 3.8) is 0 Å². The molecule has 0 bridgehead atoms. The first-order valence-electron chi connectivity index (χ1n) is 11.5. The van der Waals surface area contributed by atoms with Gasteiger partial charge in [-0.25, -0.2) is 4.98 Å². The summed E-state index contributed by atoms with van der Waals surface area (Å²) in [5, 5.41) is 3.54. The van der Waals surface area contributed by atoms with Gasteiger partial charge in [-0.05, 0) is 55.5 Å². The number of ether oxygens (including phenoxy) is 1. The number of aryl methyl sites for hydroxylation is 2. The van der Waals surface area contributed by atoms with Gasteiger partial charge in [0.2, 0.25) is 11.4 Å². The minimum Gasteiger partial charge on any atom is -0.379 e. The molecule has 33 heavy (non-hydrogen) atoms. The predicted octanol–water partition coefficient (Wildman–Crippen LogP) is 1.50. The van der Waals surface area contributed by atoms with Crippen LogP contribution >= 0.6 is 0 Å². The Kier molecular flexibility index (Phi) is 6.06. The minimum atomic E-state index is -0.762. The minimum absolute atomic E-state index is 0.0715. The summed E-state index contributed by atoms with van der Waals surface area (Å²) < 4.78 is 7.16. The first kappa shape index (κ1) is 21.5. The molecule has 0 atom stereocenters. The number of pyridine rings is 1. The van der Waals surface area contributed by atoms with Crippen molar-refractivity contribution >= 4 is 22.9 Å². The molecule has 1 fully saturated rings. The van der Waals surface area contributed by atoms with E-state index in [-0.39, 0.29) is 10.9 Å². The number of anilines is 1. The maximum Gasteiger partial charge on any atom is 0.254 e. The summed E-state index contributed by atoms with van der Waals surface area (Å²) in [5.74, 6) is -0.312. The molecule has 3 aromatic rings. The summed E-state index contributed by atoms with van der Waals surface area (Å²) in [7, 11) is 0. The van der Waals surface area contributed by atoms with Crippen LogP contribution in [0.2, 0.25) is 0 Å². The Morgan fingerprint density at radius 2 is 2.00 bits per heavy atom. The van der Waals surface area contributed by atoms with E-state index in [0.29, 0.717) is 18.1 Å². The summed E-state index contributed by atoms with van der Waals surface area (Å²) in [4.78, 5) is 36.2. The maximum atomic E-state index is 12.9. The Hall–Kier alpha value is -3.30. The Morgan fingerprint density at radius 3 is 2.82 bits per heavy atom. The number of rotatable bonds is 7. The van der Waals surface area contributed by atoms with Crippen LogP contribution in [-0.2, 0) is 17.6 Å². The first-order chi connectivity index (χ1) is 16.1. The van der Waals surface area contributed by atoms with Crippen LogP contribution in [0, 0.1) is 0 Å². The van der Waals surface area contributed by atoms with Crippen molar-refractivity contribution in [2.75, 3.05) is 44.7 Å². The SMILES string of the molecule is NC(=O)c1cn(-c2ccc3c(c2)CCC3)c2nc(NCCCN3CCOCC3)ncc2c1=O. The smallest absolute Gasteiger partial charge is 0.254 e. The zero-order valence-corrected chi connectivity index (χ0v) is 18.5. The number of nitrogens with two attached hydrogens (primary N) is 1. The second kappa shape index (κ2) is 9.29. The molecule has 2 aromatic heterocycles. The number of carbonyl (C=O) groups is 1. The largest absolute Gasteiger partial charge is 0.379 e. The number of carbonyl (C=O) groups excluding carboxylic acids is 1. The zero-order valence-electron chi connectivity index (χ0n) is 18.5. The van der Waals surface area contributed by atoms with Gasteiger partial charge >= 0.3 is 0 Å². The average molecular weight is 449 g/mol. The molecule has 1 aromatic carbocycles. The average Bonchev–Trinajstić information content (AvgIpc) is 3.30. The predicted molar refractivity (Wildman–Crippen MR) is 126 cm³/mol. The number of hydrogen-bond acceptors (Lipinski definition) is 7. The van der Waals surface area contributed by atoms with Crippen LogP contribution < -0.4 is 16.5 Å². The standard InChI is InChI=1S/C24H28N6O3/c25-22(32)20-15-30(18-6-5-16-3-1-4-17(16)13-18)23-19(21(20)31)14-27-24(28-23)26-7-2-8-29-9-11-33-12-10-29/h5-6,13-15H,1-4,7-12H2,(H2,25,32)(H,26,27,28). The van der Waals surface area contributed by atoms with Crippen LogP contribution in [0.5, 0.6) is 0 Å². The van der Waals surface area contributed by atoms with Crippen molar-refractivity contribution in [3.05, 3.63) is 57.5 Å². The van der Waals surface area contributed by atoms with Crippen molar-refractivity contribution in [3.8, 4) is 5.69 Å². The van der Waals surface area contributed by atoms with Crippen LogP contribution in [0.3, 0.4) is 0 Å². The molecule has 1 amide bonds. The van der Waals surface area contributed by atoms with Crippen molar-refractivity contribution in [1.82, 2.24) is 19.4 Å². The molecular weight excluding hydrogens is 420 g/mol. The zero-order chi connectivity index (χ0) is 22.8. The molecule has 9 heteroatoms. The highest BCUT2D eigenvalue weighted by molar-refractivity contribution is 5.96. The molecule has 0 unspecified atom stereocenters. The topological polar surface area (TPSA) is 115 Å². The molecule has 3 N–H and O–H groups in total. The van der Waals surface area contributed by atoms with Gasteiger partial charge in [0.15, 0.2) is 5.65 Å². The van der Waals surface area contributed by atoms with E-state index in [9.17, 15) is 9.59 Å². The molecule has 172 valence electrons. The number of nitrogens with one attached hydrogen (secondary N) is 1. The van der Waals surface area contributed by atoms with Gasteiger partial charge in [-0.3, -0.25) is 14.5 Å². The lowest BCUT2D eigenvalue weighted by atomic mass is 10.1. The fourth-order valence-electron chi connectivity index (χ4n) is 4.60. The number of morpholine rings is 1. The molecule has 0 saturated carbocycles. The number of benzene rings is 1. The summed E-state index contributed by atoms with van der Waals surface area (Å²) in [6.45, 7) is 5.18. The highest BCUT2D eigenvalue weighted by Crippen LogP contribution is 2.26. The van der Waals surface area contributed by atoms with Crippen LogP contribution in [0.25, 0.3) is 16.7 Å². The van der Waals surface area contributed by atoms with E-state index in [1.807, 2.05) is 6.07 Å². The summed E-state index contributed by atoms with van der Waals surface area (Å²) >= 11 is 0. The van der Waals surface area contributed by atoms with E-state index < -0.39 is 11.3 Å². The molecule has 0 radical (unpaired) electrons. The third-order valence-corrected chi connectivity index (χ3v) is 6.41. The summed E-state index contributed by atoms with van der Waals surface area (Å²) in [6.07, 6.45) is 7.16. The second-order valence-corrected chi connectivity index (χ2v) is 8.58. The lowest BCUT2D eigenvalue weighted by Crippen LogP contribution is -2.37. The fourth-order valence-corrected chi connectivity index (χ4v) is 4.60. The highest BCUT2D eigenvalue weighted by Gasteiger charge is 2.18. The van der Waals surface area contributed by atoms with Crippen molar-refractivity contribution in [1.29, 1.82) is 0 Å². The molecule has 1 saturated heterocycles. The lowest BCUT2D eigenvalue weighted by molar-refractivity contribution is 0.0378. The van der Waals surface area contributed by atoms with Crippen LogP contribution in [-0.4, -0.2) is 64.7 Å². The van der Waals surface area contributed by atoms with Gasteiger partial charge in [0.05, 0.1) is 18.6 Å². The number of fused-ring (bicyclic) bond motifs is 2. The van der Waals surface area contributed by atoms with E-state index in [2.05, 4.69) is 32.3 Å². The maximum absolute atomic E-state index is 12.9. The number of hydrogen-bond donors (Lipinski definition) is 2. The van der Waals surface area contributed by atoms with E-state index in [1.54, 1.807) is 4.57 Å². The van der Waals surface area contributed by atoms with Crippen molar-refractivity contribution < 1.29 is 9.53 Å². The van der Waals surface area contributed by atoms with Crippen molar-refractivity contribution in [2.24, 2.45) is 5.73 Å². The van der Waals surface area contributed by atoms with Gasteiger partial charge in [-0.2, -0.15) is 4.98 Å². The Morgan fingerprint density at radius 1 is 1.18 bits per heavy atom. The van der Waals surface area contributed by atoms with Crippen molar-refractivity contribution in [2.45, 2.75) is 25.7 Å².